The van der Waals surface area contributed by atoms with Crippen LogP contribution >= 0.6 is 11.6 Å². The van der Waals surface area contributed by atoms with E-state index in [0.29, 0.717) is 17.1 Å². The standard InChI is InChI=1S/C17H14ClNO2/c18-16-9-7-14(8-10-16)17(21)19-12-15-5-2-1-4-13(15)6-3-11-20/h1-2,4-5,7-10,20H,11-12H2,(H,19,21). The zero-order valence-corrected chi connectivity index (χ0v) is 12.0. The van der Waals surface area contributed by atoms with E-state index < -0.39 is 0 Å². The van der Waals surface area contributed by atoms with Crippen LogP contribution in [0.4, 0.5) is 0 Å². The van der Waals surface area contributed by atoms with Crippen LogP contribution in [-0.4, -0.2) is 17.6 Å². The predicted molar refractivity (Wildman–Crippen MR) is 83.0 cm³/mol. The van der Waals surface area contributed by atoms with Gasteiger partial charge in [-0.15, -0.1) is 0 Å². The van der Waals surface area contributed by atoms with Gasteiger partial charge in [0.2, 0.25) is 0 Å². The molecule has 0 saturated carbocycles. The van der Waals surface area contributed by atoms with Crippen molar-refractivity contribution in [1.82, 2.24) is 5.32 Å². The van der Waals surface area contributed by atoms with Crippen molar-refractivity contribution in [3.05, 3.63) is 70.2 Å². The number of aliphatic hydroxyl groups excluding tert-OH is 1. The predicted octanol–water partition coefficient (Wildman–Crippen LogP) is 2.61. The molecule has 3 nitrogen and oxygen atoms in total. The molecule has 0 heterocycles. The summed E-state index contributed by atoms with van der Waals surface area (Å²) in [6.45, 7) is 0.184. The average molecular weight is 300 g/mol. The van der Waals surface area contributed by atoms with Gasteiger partial charge in [-0.2, -0.15) is 0 Å². The monoisotopic (exact) mass is 299 g/mol. The van der Waals surface area contributed by atoms with Gasteiger partial charge in [0.15, 0.2) is 0 Å². The second-order valence-electron chi connectivity index (χ2n) is 4.31. The quantitative estimate of drug-likeness (QED) is 0.856. The largest absolute Gasteiger partial charge is 0.384 e. The van der Waals surface area contributed by atoms with Crippen molar-refractivity contribution in [3.8, 4) is 11.8 Å². The Labute approximate surface area is 128 Å². The fraction of sp³-hybridized carbons (Fsp3) is 0.118. The van der Waals surface area contributed by atoms with Crippen molar-refractivity contribution in [2.24, 2.45) is 0 Å². The molecule has 0 fully saturated rings. The van der Waals surface area contributed by atoms with E-state index in [1.54, 1.807) is 24.3 Å². The summed E-state index contributed by atoms with van der Waals surface area (Å²) in [5.74, 6) is 5.30. The average Bonchev–Trinajstić information content (AvgIpc) is 2.52. The van der Waals surface area contributed by atoms with Gasteiger partial charge in [-0.1, -0.05) is 41.6 Å². The molecule has 0 bridgehead atoms. The topological polar surface area (TPSA) is 49.3 Å². The SMILES string of the molecule is O=C(NCc1ccccc1C#CCO)c1ccc(Cl)cc1. The van der Waals surface area contributed by atoms with Gasteiger partial charge in [-0.05, 0) is 35.9 Å². The summed E-state index contributed by atoms with van der Waals surface area (Å²) in [7, 11) is 0. The molecule has 106 valence electrons. The van der Waals surface area contributed by atoms with Crippen LogP contribution in [0.5, 0.6) is 0 Å². The molecular weight excluding hydrogens is 286 g/mol. The van der Waals surface area contributed by atoms with E-state index in [1.165, 1.54) is 0 Å². The Morgan fingerprint density at radius 1 is 1.14 bits per heavy atom. The fourth-order valence-electron chi connectivity index (χ4n) is 1.81. The number of benzene rings is 2. The van der Waals surface area contributed by atoms with Crippen LogP contribution in [0.2, 0.25) is 5.02 Å². The fourth-order valence-corrected chi connectivity index (χ4v) is 1.94. The smallest absolute Gasteiger partial charge is 0.251 e. The van der Waals surface area contributed by atoms with Crippen LogP contribution in [0.3, 0.4) is 0 Å². The van der Waals surface area contributed by atoms with Gasteiger partial charge in [0, 0.05) is 22.7 Å². The molecule has 2 aromatic carbocycles. The zero-order valence-electron chi connectivity index (χ0n) is 11.3. The van der Waals surface area contributed by atoms with E-state index in [1.807, 2.05) is 24.3 Å². The lowest BCUT2D eigenvalue weighted by molar-refractivity contribution is 0.0951. The van der Waals surface area contributed by atoms with Crippen molar-refractivity contribution in [1.29, 1.82) is 0 Å². The molecular formula is C17H14ClNO2. The molecule has 4 heteroatoms. The maximum absolute atomic E-state index is 12.0. The minimum absolute atomic E-state index is 0.170. The highest BCUT2D eigenvalue weighted by Gasteiger charge is 2.06. The minimum atomic E-state index is -0.189. The molecule has 2 aromatic rings. The number of amides is 1. The van der Waals surface area contributed by atoms with E-state index in [4.69, 9.17) is 16.7 Å². The second-order valence-corrected chi connectivity index (χ2v) is 4.74. The molecule has 0 aromatic heterocycles. The van der Waals surface area contributed by atoms with Gasteiger partial charge < -0.3 is 10.4 Å². The number of rotatable bonds is 3. The first-order valence-electron chi connectivity index (χ1n) is 6.42. The summed E-state index contributed by atoms with van der Waals surface area (Å²) in [5, 5.41) is 12.2. The third-order valence-corrected chi connectivity index (χ3v) is 3.12. The third kappa shape index (κ3) is 4.35. The van der Waals surface area contributed by atoms with Gasteiger partial charge >= 0.3 is 0 Å². The first-order valence-corrected chi connectivity index (χ1v) is 6.80. The van der Waals surface area contributed by atoms with Crippen molar-refractivity contribution in [3.63, 3.8) is 0 Å². The number of hydrogen-bond donors (Lipinski definition) is 2. The van der Waals surface area contributed by atoms with Crippen LogP contribution in [0.25, 0.3) is 0 Å². The third-order valence-electron chi connectivity index (χ3n) is 2.87. The van der Waals surface area contributed by atoms with Crippen LogP contribution in [-0.2, 0) is 6.54 Å². The van der Waals surface area contributed by atoms with Gasteiger partial charge in [0.1, 0.15) is 6.61 Å². The molecule has 0 radical (unpaired) electrons. The van der Waals surface area contributed by atoms with E-state index in [2.05, 4.69) is 17.2 Å². The number of carbonyl (C=O) groups is 1. The van der Waals surface area contributed by atoms with E-state index in [-0.39, 0.29) is 12.5 Å². The number of aliphatic hydroxyl groups is 1. The Hall–Kier alpha value is -2.28. The summed E-state index contributed by atoms with van der Waals surface area (Å²) < 4.78 is 0. The lowest BCUT2D eigenvalue weighted by atomic mass is 10.1. The number of halogens is 1. The molecule has 0 aliphatic heterocycles. The molecule has 2 N–H and O–H groups in total. The summed E-state index contributed by atoms with van der Waals surface area (Å²) in [6, 6.07) is 14.2. The van der Waals surface area contributed by atoms with Crippen molar-refractivity contribution >= 4 is 17.5 Å². The first-order chi connectivity index (χ1) is 10.2. The van der Waals surface area contributed by atoms with Crippen LogP contribution < -0.4 is 5.32 Å². The van der Waals surface area contributed by atoms with Crippen molar-refractivity contribution in [2.45, 2.75) is 6.54 Å². The molecule has 0 aliphatic carbocycles. The highest BCUT2D eigenvalue weighted by atomic mass is 35.5. The summed E-state index contributed by atoms with van der Waals surface area (Å²) in [6.07, 6.45) is 0. The van der Waals surface area contributed by atoms with Gasteiger partial charge in [-0.25, -0.2) is 0 Å². The Bertz CT molecular complexity index is 684. The maximum atomic E-state index is 12.0. The van der Waals surface area contributed by atoms with Crippen LogP contribution in [0, 0.1) is 11.8 Å². The first kappa shape index (κ1) is 15.1. The van der Waals surface area contributed by atoms with E-state index in [9.17, 15) is 4.79 Å². The summed E-state index contributed by atoms with van der Waals surface area (Å²) in [5.41, 5.74) is 2.25. The molecule has 0 unspecified atom stereocenters. The molecule has 0 atom stereocenters. The Balaban J connectivity index is 2.06. The summed E-state index contributed by atoms with van der Waals surface area (Å²) in [4.78, 5) is 12.0. The van der Waals surface area contributed by atoms with Crippen LogP contribution in [0.15, 0.2) is 48.5 Å². The van der Waals surface area contributed by atoms with Gasteiger partial charge in [-0.3, -0.25) is 4.79 Å². The second kappa shape index (κ2) is 7.49. The Kier molecular flexibility index (Phi) is 5.39. The number of nitrogens with one attached hydrogen (secondary N) is 1. The van der Waals surface area contributed by atoms with Gasteiger partial charge in [0.05, 0.1) is 0 Å². The van der Waals surface area contributed by atoms with Crippen LogP contribution in [0.1, 0.15) is 21.5 Å². The normalized spacial score (nSPS) is 9.62. The Morgan fingerprint density at radius 2 is 1.86 bits per heavy atom. The minimum Gasteiger partial charge on any atom is -0.384 e. The molecule has 0 spiro atoms. The van der Waals surface area contributed by atoms with E-state index >= 15 is 0 Å². The molecule has 0 saturated heterocycles. The highest BCUT2D eigenvalue weighted by molar-refractivity contribution is 6.30. The number of carbonyl (C=O) groups excluding carboxylic acids is 1. The molecule has 21 heavy (non-hydrogen) atoms. The lowest BCUT2D eigenvalue weighted by Gasteiger charge is -2.07. The maximum Gasteiger partial charge on any atom is 0.251 e. The Morgan fingerprint density at radius 3 is 2.57 bits per heavy atom. The van der Waals surface area contributed by atoms with Gasteiger partial charge in [0.25, 0.3) is 5.91 Å². The summed E-state index contributed by atoms with van der Waals surface area (Å²) >= 11 is 5.79. The van der Waals surface area contributed by atoms with Crippen molar-refractivity contribution in [2.75, 3.05) is 6.61 Å². The highest BCUT2D eigenvalue weighted by Crippen LogP contribution is 2.10. The molecule has 2 rings (SSSR count). The zero-order chi connectivity index (χ0) is 15.1. The molecule has 0 aliphatic rings. The van der Waals surface area contributed by atoms with E-state index in [0.717, 1.165) is 11.1 Å². The lowest BCUT2D eigenvalue weighted by Crippen LogP contribution is -2.23. The van der Waals surface area contributed by atoms with Crippen molar-refractivity contribution < 1.29 is 9.90 Å². The molecule has 1 amide bonds. The number of hydrogen-bond acceptors (Lipinski definition) is 2.